The van der Waals surface area contributed by atoms with E-state index in [9.17, 15) is 9.59 Å². The maximum Gasteiger partial charge on any atom is 0.251 e. The van der Waals surface area contributed by atoms with Crippen molar-refractivity contribution in [3.63, 3.8) is 0 Å². The Bertz CT molecular complexity index is 1350. The summed E-state index contributed by atoms with van der Waals surface area (Å²) in [5.74, 6) is -0.654. The molecule has 0 N–H and O–H groups in total. The molecule has 0 heterocycles. The molecule has 4 nitrogen and oxygen atoms in total. The molecule has 0 aliphatic carbocycles. The quantitative estimate of drug-likeness (QED) is 0.176. The van der Waals surface area contributed by atoms with Crippen LogP contribution in [0.4, 0.5) is 11.4 Å². The predicted octanol–water partition coefficient (Wildman–Crippen LogP) is 8.84. The Kier molecular flexibility index (Phi) is 9.80. The third kappa shape index (κ3) is 7.81. The second kappa shape index (κ2) is 13.3. The summed E-state index contributed by atoms with van der Waals surface area (Å²) < 4.78 is 1.68. The van der Waals surface area contributed by atoms with Gasteiger partial charge in [0.05, 0.1) is 13.1 Å². The number of carbonyl (C=O) groups is 2. The van der Waals surface area contributed by atoms with E-state index in [4.69, 9.17) is 23.2 Å². The van der Waals surface area contributed by atoms with Crippen molar-refractivity contribution in [2.24, 2.45) is 0 Å². The van der Waals surface area contributed by atoms with Crippen molar-refractivity contribution < 1.29 is 9.59 Å². The largest absolute Gasteiger partial charge is 0.304 e. The number of carbonyl (C=O) groups excluding carboxylic acids is 2. The summed E-state index contributed by atoms with van der Waals surface area (Å²) in [4.78, 5) is 30.1. The number of anilines is 2. The van der Waals surface area contributed by atoms with Crippen molar-refractivity contribution >= 4 is 78.3 Å². The zero-order chi connectivity index (χ0) is 27.1. The van der Waals surface area contributed by atoms with Gasteiger partial charge < -0.3 is 9.80 Å². The fraction of sp³-hybridized carbons (Fsp3) is 0.0667. The van der Waals surface area contributed by atoms with Crippen molar-refractivity contribution in [3.05, 3.63) is 139 Å². The van der Waals surface area contributed by atoms with Gasteiger partial charge in [-0.2, -0.15) is 0 Å². The van der Waals surface area contributed by atoms with Crippen LogP contribution in [0.5, 0.6) is 0 Å². The first kappa shape index (κ1) is 28.1. The van der Waals surface area contributed by atoms with Gasteiger partial charge in [-0.05, 0) is 71.8 Å². The van der Waals surface area contributed by atoms with Gasteiger partial charge in [-0.15, -0.1) is 0 Å². The number of benzene rings is 4. The molecule has 0 radical (unpaired) electrons. The Morgan fingerprint density at radius 2 is 0.974 bits per heavy atom. The number of nitrogens with zero attached hydrogens (tertiary/aromatic N) is 2. The van der Waals surface area contributed by atoms with E-state index in [1.807, 2.05) is 72.8 Å². The van der Waals surface area contributed by atoms with Gasteiger partial charge in [0.2, 0.25) is 0 Å². The number of rotatable bonds is 8. The third-order valence-electron chi connectivity index (χ3n) is 5.65. The van der Waals surface area contributed by atoms with E-state index < -0.39 is 0 Å². The highest BCUT2D eigenvalue weighted by molar-refractivity contribution is 9.10. The molecule has 0 spiro atoms. The molecule has 0 unspecified atom stereocenters. The molecule has 0 atom stereocenters. The first-order chi connectivity index (χ1) is 18.3. The summed E-state index contributed by atoms with van der Waals surface area (Å²) in [5, 5.41) is 1.24. The molecule has 0 aromatic heterocycles. The predicted molar refractivity (Wildman–Crippen MR) is 163 cm³/mol. The topological polar surface area (TPSA) is 40.6 Å². The highest BCUT2D eigenvalue weighted by Gasteiger charge is 2.18. The highest BCUT2D eigenvalue weighted by atomic mass is 79.9. The van der Waals surface area contributed by atoms with Crippen molar-refractivity contribution in [3.8, 4) is 0 Å². The standard InChI is InChI=1S/C30H22Br2Cl2N2O2/c31-23-3-1-5-27(17-23)35(19-21-7-11-25(33)12-8-21)29(37)15-16-30(38)36(28-6-2-4-24(32)18-28)20-22-9-13-26(34)14-10-22/h1-18H,19-20H2/b16-15+. The zero-order valence-corrected chi connectivity index (χ0v) is 24.7. The van der Waals surface area contributed by atoms with Crippen molar-refractivity contribution in [1.82, 2.24) is 0 Å². The van der Waals surface area contributed by atoms with Crippen LogP contribution in [-0.2, 0) is 22.7 Å². The lowest BCUT2D eigenvalue weighted by Crippen LogP contribution is -2.31. The monoisotopic (exact) mass is 670 g/mol. The van der Waals surface area contributed by atoms with Crippen molar-refractivity contribution in [2.45, 2.75) is 13.1 Å². The van der Waals surface area contributed by atoms with Crippen molar-refractivity contribution in [2.75, 3.05) is 9.80 Å². The van der Waals surface area contributed by atoms with E-state index in [2.05, 4.69) is 31.9 Å². The van der Waals surface area contributed by atoms with Gasteiger partial charge in [0, 0.05) is 42.5 Å². The van der Waals surface area contributed by atoms with Crippen LogP contribution in [0.3, 0.4) is 0 Å². The molecule has 4 rings (SSSR count). The summed E-state index contributed by atoms with van der Waals surface area (Å²) >= 11 is 19.0. The minimum Gasteiger partial charge on any atom is -0.304 e. The fourth-order valence-corrected chi connectivity index (χ4v) is 4.77. The summed E-state index contributed by atoms with van der Waals surface area (Å²) in [7, 11) is 0. The van der Waals surface area contributed by atoms with E-state index in [0.717, 1.165) is 20.1 Å². The fourth-order valence-electron chi connectivity index (χ4n) is 3.75. The van der Waals surface area contributed by atoms with Gasteiger partial charge in [0.1, 0.15) is 0 Å². The van der Waals surface area contributed by atoms with Crippen LogP contribution in [0, 0.1) is 0 Å². The molecule has 0 aliphatic heterocycles. The lowest BCUT2D eigenvalue weighted by atomic mass is 10.1. The number of amides is 2. The molecule has 0 aliphatic rings. The number of hydrogen-bond acceptors (Lipinski definition) is 2. The molecule has 8 heteroatoms. The minimum absolute atomic E-state index is 0.311. The molecule has 4 aromatic rings. The van der Waals surface area contributed by atoms with Gasteiger partial charge >= 0.3 is 0 Å². The lowest BCUT2D eigenvalue weighted by molar-refractivity contribution is -0.116. The van der Waals surface area contributed by atoms with E-state index in [1.165, 1.54) is 12.2 Å². The smallest absolute Gasteiger partial charge is 0.251 e. The van der Waals surface area contributed by atoms with Crippen LogP contribution >= 0.6 is 55.1 Å². The summed E-state index contributed by atoms with van der Waals surface area (Å²) in [6.07, 6.45) is 2.62. The number of hydrogen-bond donors (Lipinski definition) is 0. The van der Waals surface area contributed by atoms with Crippen LogP contribution in [0.25, 0.3) is 0 Å². The van der Waals surface area contributed by atoms with Crippen LogP contribution in [-0.4, -0.2) is 11.8 Å². The van der Waals surface area contributed by atoms with Gasteiger partial charge in [-0.3, -0.25) is 9.59 Å². The zero-order valence-electron chi connectivity index (χ0n) is 20.0. The van der Waals surface area contributed by atoms with Gasteiger partial charge in [-0.25, -0.2) is 0 Å². The molecule has 4 aromatic carbocycles. The highest BCUT2D eigenvalue weighted by Crippen LogP contribution is 2.25. The molecule has 38 heavy (non-hydrogen) atoms. The van der Waals surface area contributed by atoms with E-state index in [-0.39, 0.29) is 11.8 Å². The first-order valence-electron chi connectivity index (χ1n) is 11.6. The van der Waals surface area contributed by atoms with Crippen LogP contribution < -0.4 is 9.80 Å². The first-order valence-corrected chi connectivity index (χ1v) is 13.9. The van der Waals surface area contributed by atoms with Gasteiger partial charge in [0.25, 0.3) is 11.8 Å². The number of halogens is 4. The molecule has 0 fully saturated rings. The van der Waals surface area contributed by atoms with Gasteiger partial charge in [-0.1, -0.05) is 91.5 Å². The van der Waals surface area contributed by atoms with Crippen LogP contribution in [0.15, 0.2) is 118 Å². The second-order valence-electron chi connectivity index (χ2n) is 8.39. The maximum absolute atomic E-state index is 13.4. The molecule has 192 valence electrons. The Morgan fingerprint density at radius 1 is 0.605 bits per heavy atom. The van der Waals surface area contributed by atoms with Crippen molar-refractivity contribution in [1.29, 1.82) is 0 Å². The second-order valence-corrected chi connectivity index (χ2v) is 11.1. The van der Waals surface area contributed by atoms with Gasteiger partial charge in [0.15, 0.2) is 0 Å². The Morgan fingerprint density at radius 3 is 1.32 bits per heavy atom. The normalized spacial score (nSPS) is 10.9. The summed E-state index contributed by atoms with van der Waals surface area (Å²) in [5.41, 5.74) is 3.20. The molecule has 0 bridgehead atoms. The minimum atomic E-state index is -0.327. The van der Waals surface area contributed by atoms with Crippen LogP contribution in [0.1, 0.15) is 11.1 Å². The molecule has 0 saturated heterocycles. The maximum atomic E-state index is 13.4. The Labute approximate surface area is 248 Å². The summed E-state index contributed by atoms with van der Waals surface area (Å²) in [6, 6.07) is 29.5. The van der Waals surface area contributed by atoms with E-state index in [0.29, 0.717) is 34.5 Å². The lowest BCUT2D eigenvalue weighted by Gasteiger charge is -2.23. The van der Waals surface area contributed by atoms with E-state index >= 15 is 0 Å². The molecular weight excluding hydrogens is 651 g/mol. The summed E-state index contributed by atoms with van der Waals surface area (Å²) in [6.45, 7) is 0.621. The van der Waals surface area contributed by atoms with E-state index in [1.54, 1.807) is 34.1 Å². The Hall–Kier alpha value is -2.90. The van der Waals surface area contributed by atoms with Crippen LogP contribution in [0.2, 0.25) is 10.0 Å². The average molecular weight is 673 g/mol. The average Bonchev–Trinajstić information content (AvgIpc) is 2.91. The third-order valence-corrected chi connectivity index (χ3v) is 7.14. The molecule has 0 saturated carbocycles. The molecule has 2 amide bonds. The SMILES string of the molecule is O=C(/C=C/C(=O)N(Cc1ccc(Cl)cc1)c1cccc(Br)c1)N(Cc1ccc(Cl)cc1)c1cccc(Br)c1. The molecular formula is C30H22Br2Cl2N2O2. The Balaban J connectivity index is 1.61.